The molecule has 0 aromatic carbocycles. The minimum atomic E-state index is 0.560. The normalized spacial score (nSPS) is 18.8. The van der Waals surface area contributed by atoms with Crippen LogP contribution in [0.4, 0.5) is 5.95 Å². The molecule has 0 bridgehead atoms. The number of rotatable bonds is 10. The maximum atomic E-state index is 9.17. The summed E-state index contributed by atoms with van der Waals surface area (Å²) in [5.74, 6) is 2.17. The lowest BCUT2D eigenvalue weighted by molar-refractivity contribution is 0.319. The SMILES string of the molecule is CC.CC1C=CC=CC1.CCCCCNc1ncc(/C(C)=N/O)c(CCCC2=CC[C@H](C)CC=C2)n1. The van der Waals surface area contributed by atoms with Gasteiger partial charge in [-0.1, -0.05) is 101 Å². The lowest BCUT2D eigenvalue weighted by Crippen LogP contribution is -2.11. The molecule has 5 heteroatoms. The van der Waals surface area contributed by atoms with Gasteiger partial charge in [0.15, 0.2) is 0 Å². The molecule has 2 atom stereocenters. The predicted octanol–water partition coefficient (Wildman–Crippen LogP) is 8.68. The maximum absolute atomic E-state index is 9.17. The van der Waals surface area contributed by atoms with Gasteiger partial charge in [-0.2, -0.15) is 0 Å². The summed E-state index contributed by atoms with van der Waals surface area (Å²) in [5, 5.41) is 15.8. The van der Waals surface area contributed by atoms with Gasteiger partial charge in [0.25, 0.3) is 0 Å². The van der Waals surface area contributed by atoms with Gasteiger partial charge in [-0.05, 0) is 63.7 Å². The standard InChI is InChI=1S/C22H34N4O.C7H10.C2H6/c1-4-5-6-15-23-22-24-16-20(18(3)26-27)21(25-22)12-8-11-19-10-7-9-17(2)13-14-19;1-7-5-3-2-4-6-7;1-2/h7,10,14,16-17,27H,4-6,8-9,11-13,15H2,1-3H3,(H,23,24,25);2-5,7H,6H2,1H3;1-2H3/b26-18+;;/t17-;;/m1../s1. The Bertz CT molecular complexity index is 883. The number of aryl methyl sites for hydroxylation is 1. The Balaban J connectivity index is 0.000000609. The Hall–Kier alpha value is -2.69. The number of hydrogen-bond acceptors (Lipinski definition) is 5. The summed E-state index contributed by atoms with van der Waals surface area (Å²) in [6.07, 6.45) is 27.3. The lowest BCUT2D eigenvalue weighted by atomic mass is 10.0. The Kier molecular flexibility index (Phi) is 17.0. The van der Waals surface area contributed by atoms with E-state index in [2.05, 4.69) is 78.8 Å². The van der Waals surface area contributed by atoms with Crippen molar-refractivity contribution < 1.29 is 5.21 Å². The highest BCUT2D eigenvalue weighted by molar-refractivity contribution is 5.99. The Labute approximate surface area is 220 Å². The number of nitrogens with one attached hydrogen (secondary N) is 1. The average Bonchev–Trinajstić information content (AvgIpc) is 3.12. The summed E-state index contributed by atoms with van der Waals surface area (Å²) in [6, 6.07) is 0. The summed E-state index contributed by atoms with van der Waals surface area (Å²) in [7, 11) is 0. The summed E-state index contributed by atoms with van der Waals surface area (Å²) >= 11 is 0. The van der Waals surface area contributed by atoms with Gasteiger partial charge in [0.2, 0.25) is 5.95 Å². The summed E-state index contributed by atoms with van der Waals surface area (Å²) in [6.45, 7) is 13.4. The molecule has 1 unspecified atom stereocenters. The van der Waals surface area contributed by atoms with E-state index in [1.54, 1.807) is 13.1 Å². The van der Waals surface area contributed by atoms with Gasteiger partial charge >= 0.3 is 0 Å². The van der Waals surface area contributed by atoms with Crippen LogP contribution in [0.5, 0.6) is 0 Å². The summed E-state index contributed by atoms with van der Waals surface area (Å²) in [5.41, 5.74) is 3.76. The van der Waals surface area contributed by atoms with Crippen LogP contribution in [0.3, 0.4) is 0 Å². The molecule has 2 aliphatic rings. The molecular weight excluding hydrogens is 444 g/mol. The molecule has 0 spiro atoms. The number of oxime groups is 1. The zero-order valence-electron chi connectivity index (χ0n) is 23.6. The van der Waals surface area contributed by atoms with E-state index < -0.39 is 0 Å². The molecule has 2 N–H and O–H groups in total. The zero-order valence-corrected chi connectivity index (χ0v) is 23.6. The minimum Gasteiger partial charge on any atom is -0.411 e. The van der Waals surface area contributed by atoms with Crippen molar-refractivity contribution >= 4 is 11.7 Å². The van der Waals surface area contributed by atoms with Crippen molar-refractivity contribution in [2.75, 3.05) is 11.9 Å². The first-order valence-corrected chi connectivity index (χ1v) is 14.0. The van der Waals surface area contributed by atoms with E-state index in [0.29, 0.717) is 11.7 Å². The molecule has 36 heavy (non-hydrogen) atoms. The second kappa shape index (κ2) is 19.5. The van der Waals surface area contributed by atoms with E-state index in [9.17, 15) is 0 Å². The van der Waals surface area contributed by atoms with Crippen LogP contribution in [0.2, 0.25) is 0 Å². The van der Waals surface area contributed by atoms with E-state index in [1.165, 1.54) is 24.8 Å². The van der Waals surface area contributed by atoms with Gasteiger partial charge in [0, 0.05) is 18.3 Å². The van der Waals surface area contributed by atoms with Gasteiger partial charge < -0.3 is 10.5 Å². The lowest BCUT2D eigenvalue weighted by Gasteiger charge is -2.11. The number of anilines is 1. The van der Waals surface area contributed by atoms with Gasteiger partial charge in [-0.3, -0.25) is 0 Å². The monoisotopic (exact) mass is 494 g/mol. The molecule has 0 aliphatic heterocycles. The van der Waals surface area contributed by atoms with Crippen molar-refractivity contribution in [3.8, 4) is 0 Å². The van der Waals surface area contributed by atoms with E-state index in [4.69, 9.17) is 10.2 Å². The number of aromatic nitrogens is 2. The third-order valence-electron chi connectivity index (χ3n) is 6.20. The molecule has 0 radical (unpaired) electrons. The fourth-order valence-electron chi connectivity index (χ4n) is 3.94. The molecule has 5 nitrogen and oxygen atoms in total. The smallest absolute Gasteiger partial charge is 0.222 e. The van der Waals surface area contributed by atoms with Crippen LogP contribution in [-0.4, -0.2) is 27.4 Å². The predicted molar refractivity (Wildman–Crippen MR) is 156 cm³/mol. The van der Waals surface area contributed by atoms with Crippen LogP contribution in [0, 0.1) is 11.8 Å². The van der Waals surface area contributed by atoms with Crippen molar-refractivity contribution in [3.63, 3.8) is 0 Å². The zero-order chi connectivity index (χ0) is 26.6. The first-order valence-electron chi connectivity index (χ1n) is 14.0. The quantitative estimate of drug-likeness (QED) is 0.148. The van der Waals surface area contributed by atoms with Crippen molar-refractivity contribution in [2.45, 2.75) is 99.3 Å². The highest BCUT2D eigenvalue weighted by Crippen LogP contribution is 2.21. The summed E-state index contributed by atoms with van der Waals surface area (Å²) in [4.78, 5) is 9.09. The molecular formula is C31H50N4O. The van der Waals surface area contributed by atoms with E-state index in [1.807, 2.05) is 13.8 Å². The minimum absolute atomic E-state index is 0.560. The topological polar surface area (TPSA) is 70.4 Å². The second-order valence-corrected chi connectivity index (χ2v) is 9.51. The molecule has 0 saturated heterocycles. The Morgan fingerprint density at radius 1 is 1.06 bits per heavy atom. The summed E-state index contributed by atoms with van der Waals surface area (Å²) < 4.78 is 0. The number of nitrogens with zero attached hydrogens (tertiary/aromatic N) is 3. The van der Waals surface area contributed by atoms with E-state index >= 15 is 0 Å². The van der Waals surface area contributed by atoms with Crippen molar-refractivity contribution in [1.29, 1.82) is 0 Å². The molecule has 0 fully saturated rings. The maximum Gasteiger partial charge on any atom is 0.222 e. The van der Waals surface area contributed by atoms with Crippen LogP contribution in [0.25, 0.3) is 0 Å². The molecule has 0 amide bonds. The number of hydrogen-bond donors (Lipinski definition) is 2. The van der Waals surface area contributed by atoms with Crippen LogP contribution in [0.15, 0.2) is 59.5 Å². The molecule has 1 heterocycles. The molecule has 3 rings (SSSR count). The highest BCUT2D eigenvalue weighted by Gasteiger charge is 2.11. The molecule has 200 valence electrons. The fraction of sp³-hybridized carbons (Fsp3) is 0.581. The molecule has 1 aromatic rings. The average molecular weight is 495 g/mol. The van der Waals surface area contributed by atoms with Crippen LogP contribution in [-0.2, 0) is 6.42 Å². The van der Waals surface area contributed by atoms with Crippen LogP contribution >= 0.6 is 0 Å². The number of unbranched alkanes of at least 4 members (excludes halogenated alkanes) is 2. The van der Waals surface area contributed by atoms with E-state index in [-0.39, 0.29) is 0 Å². The first-order chi connectivity index (χ1) is 17.5. The van der Waals surface area contributed by atoms with Gasteiger partial charge in [-0.25, -0.2) is 9.97 Å². The van der Waals surface area contributed by atoms with Crippen LogP contribution in [0.1, 0.15) is 104 Å². The van der Waals surface area contributed by atoms with Gasteiger partial charge in [0.1, 0.15) is 0 Å². The molecule has 1 aromatic heterocycles. The van der Waals surface area contributed by atoms with Crippen LogP contribution < -0.4 is 5.32 Å². The third-order valence-corrected chi connectivity index (χ3v) is 6.20. The van der Waals surface area contributed by atoms with Gasteiger partial charge in [-0.15, -0.1) is 0 Å². The first kappa shape index (κ1) is 31.3. The number of allylic oxidation sites excluding steroid dienone is 8. The Morgan fingerprint density at radius 2 is 1.86 bits per heavy atom. The second-order valence-electron chi connectivity index (χ2n) is 9.51. The fourth-order valence-corrected chi connectivity index (χ4v) is 3.94. The van der Waals surface area contributed by atoms with E-state index in [0.717, 1.165) is 68.2 Å². The van der Waals surface area contributed by atoms with Gasteiger partial charge in [0.05, 0.1) is 11.4 Å². The molecule has 2 aliphatic carbocycles. The van der Waals surface area contributed by atoms with Crippen molar-refractivity contribution in [2.24, 2.45) is 17.0 Å². The van der Waals surface area contributed by atoms with Crippen molar-refractivity contribution in [3.05, 3.63) is 65.6 Å². The Morgan fingerprint density at radius 3 is 2.50 bits per heavy atom. The largest absolute Gasteiger partial charge is 0.411 e. The molecule has 0 saturated carbocycles. The third kappa shape index (κ3) is 12.9. The van der Waals surface area contributed by atoms with Crippen molar-refractivity contribution in [1.82, 2.24) is 9.97 Å². The highest BCUT2D eigenvalue weighted by atomic mass is 16.4.